The van der Waals surface area contributed by atoms with E-state index in [1.807, 2.05) is 0 Å². The minimum Gasteiger partial charge on any atom is -0.438 e. The van der Waals surface area contributed by atoms with E-state index in [9.17, 15) is 26.4 Å². The van der Waals surface area contributed by atoms with Gasteiger partial charge in [-0.05, 0) is 48.5 Å². The third kappa shape index (κ3) is 6.11. The number of pyridine rings is 1. The van der Waals surface area contributed by atoms with Gasteiger partial charge >= 0.3 is 6.36 Å². The van der Waals surface area contributed by atoms with Crippen molar-refractivity contribution in [3.05, 3.63) is 66.4 Å². The van der Waals surface area contributed by atoms with E-state index in [2.05, 4.69) is 15.0 Å². The van der Waals surface area contributed by atoms with Crippen LogP contribution in [0.3, 0.4) is 0 Å². The average Bonchev–Trinajstić information content (AvgIpc) is 2.69. The highest BCUT2D eigenvalue weighted by molar-refractivity contribution is 7.90. The van der Waals surface area contributed by atoms with E-state index < -0.39 is 27.9 Å². The number of rotatable bonds is 6. The van der Waals surface area contributed by atoms with E-state index in [0.717, 1.165) is 18.4 Å². The summed E-state index contributed by atoms with van der Waals surface area (Å²) in [6, 6.07) is 11.4. The van der Waals surface area contributed by atoms with Crippen LogP contribution >= 0.6 is 0 Å². The van der Waals surface area contributed by atoms with Gasteiger partial charge in [0.2, 0.25) is 5.88 Å². The third-order valence-electron chi connectivity index (χ3n) is 3.91. The van der Waals surface area contributed by atoms with Gasteiger partial charge in [-0.2, -0.15) is 0 Å². The molecule has 3 N–H and O–H groups in total. The van der Waals surface area contributed by atoms with Crippen LogP contribution in [0.2, 0.25) is 0 Å². The number of carbonyl (C=O) groups is 1. The molecule has 12 heteroatoms. The number of alkyl halides is 3. The number of hydrogen-bond acceptors (Lipinski definition) is 7. The molecule has 0 atom stereocenters. The van der Waals surface area contributed by atoms with E-state index in [4.69, 9.17) is 10.5 Å². The maximum absolute atomic E-state index is 12.8. The van der Waals surface area contributed by atoms with Gasteiger partial charge in [-0.25, -0.2) is 13.4 Å². The van der Waals surface area contributed by atoms with E-state index in [0.29, 0.717) is 0 Å². The van der Waals surface area contributed by atoms with Gasteiger partial charge in [-0.15, -0.1) is 13.2 Å². The number of ether oxygens (including phenoxy) is 2. The largest absolute Gasteiger partial charge is 0.573 e. The fraction of sp³-hybridized carbons (Fsp3) is 0.100. The molecule has 0 fully saturated rings. The molecule has 0 unspecified atom stereocenters. The number of nitrogen functional groups attached to an aromatic ring is 1. The molecule has 168 valence electrons. The Morgan fingerprint density at radius 1 is 1.06 bits per heavy atom. The quantitative estimate of drug-likeness (QED) is 0.562. The second-order valence-electron chi connectivity index (χ2n) is 6.50. The number of carbonyl (C=O) groups excluding carboxylic acids is 1. The SMILES string of the molecule is CS(=O)(=O)c1cccc(NC(=O)c2cc(N)cnc2Oc2ccc(OC(F)(F)F)cc2)c1. The van der Waals surface area contributed by atoms with E-state index in [1.165, 1.54) is 48.7 Å². The summed E-state index contributed by atoms with van der Waals surface area (Å²) in [5.41, 5.74) is 6.00. The molecule has 0 aliphatic carbocycles. The first-order valence-electron chi connectivity index (χ1n) is 8.81. The molecule has 1 amide bonds. The van der Waals surface area contributed by atoms with Gasteiger partial charge in [0.1, 0.15) is 17.1 Å². The lowest BCUT2D eigenvalue weighted by atomic mass is 10.2. The Bertz CT molecular complexity index is 1250. The molecule has 0 saturated heterocycles. The van der Waals surface area contributed by atoms with Crippen molar-refractivity contribution in [3.8, 4) is 17.4 Å². The molecule has 3 rings (SSSR count). The number of hydrogen-bond donors (Lipinski definition) is 2. The summed E-state index contributed by atoms with van der Waals surface area (Å²) in [5.74, 6) is -1.22. The Morgan fingerprint density at radius 2 is 1.72 bits per heavy atom. The first-order valence-corrected chi connectivity index (χ1v) is 10.7. The molecule has 0 spiro atoms. The maximum Gasteiger partial charge on any atom is 0.573 e. The smallest absolute Gasteiger partial charge is 0.438 e. The standard InChI is InChI=1S/C20H16F3N3O5S/c1-32(28,29)16-4-2-3-13(10-16)26-18(27)17-9-12(24)11-25-19(17)30-14-5-7-15(8-6-14)31-20(21,22)23/h2-11H,24H2,1H3,(H,26,27). The minimum atomic E-state index is -4.83. The second-order valence-corrected chi connectivity index (χ2v) is 8.51. The molecule has 1 heterocycles. The van der Waals surface area contributed by atoms with E-state index in [-0.39, 0.29) is 33.5 Å². The summed E-state index contributed by atoms with van der Waals surface area (Å²) < 4.78 is 69.6. The number of aromatic nitrogens is 1. The summed E-state index contributed by atoms with van der Waals surface area (Å²) in [6.45, 7) is 0. The van der Waals surface area contributed by atoms with E-state index >= 15 is 0 Å². The normalized spacial score (nSPS) is 11.6. The molecule has 0 aliphatic heterocycles. The molecule has 0 aliphatic rings. The number of anilines is 2. The zero-order valence-electron chi connectivity index (χ0n) is 16.4. The zero-order chi connectivity index (χ0) is 23.5. The Hall–Kier alpha value is -3.80. The van der Waals surface area contributed by atoms with Crippen LogP contribution < -0.4 is 20.5 Å². The van der Waals surface area contributed by atoms with Gasteiger partial charge in [-0.3, -0.25) is 4.79 Å². The van der Waals surface area contributed by atoms with Crippen LogP contribution in [-0.4, -0.2) is 31.9 Å². The lowest BCUT2D eigenvalue weighted by Gasteiger charge is -2.13. The topological polar surface area (TPSA) is 121 Å². The predicted octanol–water partition coefficient (Wildman–Crippen LogP) is 4.01. The first-order chi connectivity index (χ1) is 14.9. The monoisotopic (exact) mass is 467 g/mol. The summed E-state index contributed by atoms with van der Waals surface area (Å²) in [7, 11) is -3.49. The van der Waals surface area contributed by atoms with Crippen molar-refractivity contribution in [3.63, 3.8) is 0 Å². The maximum atomic E-state index is 12.8. The number of nitrogens with zero attached hydrogens (tertiary/aromatic N) is 1. The highest BCUT2D eigenvalue weighted by atomic mass is 32.2. The van der Waals surface area contributed by atoms with Crippen LogP contribution in [-0.2, 0) is 9.84 Å². The van der Waals surface area contributed by atoms with Gasteiger partial charge in [0.05, 0.1) is 16.8 Å². The summed E-state index contributed by atoms with van der Waals surface area (Å²) >= 11 is 0. The highest BCUT2D eigenvalue weighted by Gasteiger charge is 2.31. The van der Waals surface area contributed by atoms with Crippen LogP contribution in [0.4, 0.5) is 24.5 Å². The van der Waals surface area contributed by atoms with Crippen LogP contribution in [0.1, 0.15) is 10.4 Å². The summed E-state index contributed by atoms with van der Waals surface area (Å²) in [4.78, 5) is 16.7. The van der Waals surface area contributed by atoms with Crippen LogP contribution in [0.25, 0.3) is 0 Å². The minimum absolute atomic E-state index is 0.0126. The number of amides is 1. The fourth-order valence-corrected chi connectivity index (χ4v) is 3.20. The van der Waals surface area contributed by atoms with Gasteiger partial charge < -0.3 is 20.5 Å². The van der Waals surface area contributed by atoms with Gasteiger partial charge in [0.15, 0.2) is 9.84 Å². The van der Waals surface area contributed by atoms with Crippen molar-refractivity contribution in [1.82, 2.24) is 4.98 Å². The van der Waals surface area contributed by atoms with Crippen molar-refractivity contribution < 1.29 is 35.9 Å². The van der Waals surface area contributed by atoms with Gasteiger partial charge in [0, 0.05) is 11.9 Å². The number of halogens is 3. The third-order valence-corrected chi connectivity index (χ3v) is 5.02. The number of nitrogens with two attached hydrogens (primary N) is 1. The van der Waals surface area contributed by atoms with Crippen molar-refractivity contribution >= 4 is 27.1 Å². The molecule has 32 heavy (non-hydrogen) atoms. The number of nitrogens with one attached hydrogen (secondary N) is 1. The Kier molecular flexibility index (Phi) is 6.25. The highest BCUT2D eigenvalue weighted by Crippen LogP contribution is 2.29. The van der Waals surface area contributed by atoms with Crippen molar-refractivity contribution in [2.75, 3.05) is 17.3 Å². The summed E-state index contributed by atoms with van der Waals surface area (Å²) in [5, 5.41) is 2.54. The molecular weight excluding hydrogens is 451 g/mol. The fourth-order valence-electron chi connectivity index (χ4n) is 2.54. The lowest BCUT2D eigenvalue weighted by molar-refractivity contribution is -0.274. The van der Waals surface area contributed by atoms with Gasteiger partial charge in [0.25, 0.3) is 5.91 Å². The molecule has 1 aromatic heterocycles. The number of benzene rings is 2. The van der Waals surface area contributed by atoms with E-state index in [1.54, 1.807) is 0 Å². The Balaban J connectivity index is 1.83. The Labute approximate surface area is 180 Å². The lowest BCUT2D eigenvalue weighted by Crippen LogP contribution is -2.17. The summed E-state index contributed by atoms with van der Waals surface area (Å²) in [6.07, 6.45) is -2.56. The Morgan fingerprint density at radius 3 is 2.34 bits per heavy atom. The van der Waals surface area contributed by atoms with Crippen LogP contribution in [0.5, 0.6) is 17.4 Å². The molecule has 0 bridgehead atoms. The zero-order valence-corrected chi connectivity index (χ0v) is 17.2. The molecule has 8 nitrogen and oxygen atoms in total. The van der Waals surface area contributed by atoms with Crippen LogP contribution in [0.15, 0.2) is 65.7 Å². The predicted molar refractivity (Wildman–Crippen MR) is 109 cm³/mol. The average molecular weight is 467 g/mol. The van der Waals surface area contributed by atoms with Crippen molar-refractivity contribution in [2.24, 2.45) is 0 Å². The van der Waals surface area contributed by atoms with Crippen LogP contribution in [0, 0.1) is 0 Å². The van der Waals surface area contributed by atoms with Crippen molar-refractivity contribution in [2.45, 2.75) is 11.3 Å². The molecular formula is C20H16F3N3O5S. The second kappa shape index (κ2) is 8.75. The number of sulfone groups is 1. The first kappa shape index (κ1) is 22.9. The van der Waals surface area contributed by atoms with Crippen molar-refractivity contribution in [1.29, 1.82) is 0 Å². The van der Waals surface area contributed by atoms with Gasteiger partial charge in [-0.1, -0.05) is 6.07 Å². The molecule has 2 aromatic carbocycles. The molecule has 0 radical (unpaired) electrons. The molecule has 0 saturated carbocycles. The molecule has 3 aromatic rings.